The minimum Gasteiger partial charge on any atom is -0.487 e. The van der Waals surface area contributed by atoms with Crippen molar-refractivity contribution in [1.82, 2.24) is 5.32 Å². The molecule has 4 heteroatoms. The Morgan fingerprint density at radius 1 is 1.30 bits per heavy atom. The van der Waals surface area contributed by atoms with Crippen LogP contribution in [0, 0.1) is 0 Å². The summed E-state index contributed by atoms with van der Waals surface area (Å²) >= 11 is 7.61. The predicted octanol–water partition coefficient (Wildman–Crippen LogP) is 4.79. The van der Waals surface area contributed by atoms with Crippen LogP contribution in [0.4, 0.5) is 0 Å². The Labute approximate surface area is 128 Å². The second-order valence-corrected chi connectivity index (χ2v) is 7.54. The Morgan fingerprint density at radius 3 is 2.85 bits per heavy atom. The molecule has 0 saturated carbocycles. The third-order valence-corrected chi connectivity index (χ3v) is 4.76. The van der Waals surface area contributed by atoms with Gasteiger partial charge in [0.2, 0.25) is 0 Å². The molecule has 1 aromatic heterocycles. The molecule has 2 heterocycles. The highest BCUT2D eigenvalue weighted by molar-refractivity contribution is 7.16. The van der Waals surface area contributed by atoms with Gasteiger partial charge in [-0.05, 0) is 32.0 Å². The third-order valence-electron chi connectivity index (χ3n) is 3.53. The average molecular weight is 308 g/mol. The molecule has 1 atom stereocenters. The summed E-state index contributed by atoms with van der Waals surface area (Å²) in [6, 6.07) is 12.6. The van der Waals surface area contributed by atoms with E-state index in [0.29, 0.717) is 6.04 Å². The van der Waals surface area contributed by atoms with Crippen molar-refractivity contribution in [1.29, 1.82) is 0 Å². The lowest BCUT2D eigenvalue weighted by Crippen LogP contribution is -2.39. The van der Waals surface area contributed by atoms with E-state index in [0.717, 1.165) is 23.1 Å². The number of fused-ring (bicyclic) bond motifs is 1. The Bertz CT molecular complexity index is 608. The van der Waals surface area contributed by atoms with Gasteiger partial charge < -0.3 is 10.1 Å². The van der Waals surface area contributed by atoms with E-state index in [2.05, 4.69) is 37.4 Å². The maximum absolute atomic E-state index is 6.05. The molecule has 1 aliphatic rings. The average Bonchev–Trinajstić information content (AvgIpc) is 2.80. The first-order valence-electron chi connectivity index (χ1n) is 6.79. The van der Waals surface area contributed by atoms with Gasteiger partial charge in [-0.2, -0.15) is 0 Å². The van der Waals surface area contributed by atoms with Gasteiger partial charge in [0.15, 0.2) is 0 Å². The molecule has 1 aliphatic heterocycles. The molecule has 2 nitrogen and oxygen atoms in total. The highest BCUT2D eigenvalue weighted by Gasteiger charge is 2.33. The maximum Gasteiger partial charge on any atom is 0.124 e. The zero-order valence-electron chi connectivity index (χ0n) is 11.7. The first-order chi connectivity index (χ1) is 9.53. The highest BCUT2D eigenvalue weighted by Crippen LogP contribution is 2.39. The molecule has 1 aromatic carbocycles. The third kappa shape index (κ3) is 3.00. The molecular formula is C16H18ClNOS. The number of hydrogen-bond donors (Lipinski definition) is 1. The normalized spacial score (nSPS) is 20.2. The van der Waals surface area contributed by atoms with E-state index in [9.17, 15) is 0 Å². The molecule has 2 aromatic rings. The number of rotatable bonds is 3. The molecule has 0 saturated heterocycles. The van der Waals surface area contributed by atoms with Crippen LogP contribution in [0.3, 0.4) is 0 Å². The molecular weight excluding hydrogens is 290 g/mol. The quantitative estimate of drug-likeness (QED) is 0.880. The molecule has 0 aliphatic carbocycles. The van der Waals surface area contributed by atoms with Crippen molar-refractivity contribution >= 4 is 22.9 Å². The molecule has 0 spiro atoms. The zero-order chi connectivity index (χ0) is 14.2. The van der Waals surface area contributed by atoms with Crippen LogP contribution in [-0.4, -0.2) is 5.60 Å². The van der Waals surface area contributed by atoms with Gasteiger partial charge in [-0.1, -0.05) is 29.8 Å². The van der Waals surface area contributed by atoms with Crippen molar-refractivity contribution in [3.63, 3.8) is 0 Å². The maximum atomic E-state index is 6.05. The van der Waals surface area contributed by atoms with Gasteiger partial charge in [0.1, 0.15) is 11.4 Å². The topological polar surface area (TPSA) is 21.3 Å². The van der Waals surface area contributed by atoms with E-state index >= 15 is 0 Å². The fourth-order valence-corrected chi connectivity index (χ4v) is 3.69. The molecule has 3 rings (SSSR count). The minimum absolute atomic E-state index is 0.140. The number of halogens is 1. The van der Waals surface area contributed by atoms with Gasteiger partial charge >= 0.3 is 0 Å². The summed E-state index contributed by atoms with van der Waals surface area (Å²) in [5, 5.41) is 3.63. The second-order valence-electron chi connectivity index (χ2n) is 5.74. The monoisotopic (exact) mass is 307 g/mol. The number of thiophene rings is 1. The van der Waals surface area contributed by atoms with Crippen LogP contribution in [0.15, 0.2) is 36.4 Å². The fourth-order valence-electron chi connectivity index (χ4n) is 2.65. The van der Waals surface area contributed by atoms with E-state index in [1.165, 1.54) is 10.4 Å². The Balaban J connectivity index is 1.78. The van der Waals surface area contributed by atoms with Crippen molar-refractivity contribution in [2.45, 2.75) is 38.5 Å². The lowest BCUT2D eigenvalue weighted by Gasteiger charge is -2.38. The van der Waals surface area contributed by atoms with Crippen molar-refractivity contribution in [2.75, 3.05) is 0 Å². The minimum atomic E-state index is -0.140. The molecule has 0 radical (unpaired) electrons. The van der Waals surface area contributed by atoms with E-state index < -0.39 is 0 Å². The first-order valence-corrected chi connectivity index (χ1v) is 7.98. The molecule has 20 heavy (non-hydrogen) atoms. The smallest absolute Gasteiger partial charge is 0.124 e. The molecule has 1 unspecified atom stereocenters. The number of benzene rings is 1. The highest BCUT2D eigenvalue weighted by atomic mass is 35.5. The van der Waals surface area contributed by atoms with Gasteiger partial charge in [-0.25, -0.2) is 0 Å². The summed E-state index contributed by atoms with van der Waals surface area (Å²) < 4.78 is 6.89. The summed E-state index contributed by atoms with van der Waals surface area (Å²) in [7, 11) is 0. The molecule has 0 amide bonds. The summed E-state index contributed by atoms with van der Waals surface area (Å²) in [6.07, 6.45) is 0.961. The van der Waals surface area contributed by atoms with Crippen molar-refractivity contribution in [3.8, 4) is 5.75 Å². The van der Waals surface area contributed by atoms with Crippen LogP contribution in [0.1, 0.15) is 36.8 Å². The Morgan fingerprint density at radius 2 is 2.10 bits per heavy atom. The number of nitrogens with one attached hydrogen (secondary N) is 1. The van der Waals surface area contributed by atoms with E-state index in [1.807, 2.05) is 18.2 Å². The molecule has 0 bridgehead atoms. The van der Waals surface area contributed by atoms with Crippen LogP contribution in [-0.2, 0) is 6.54 Å². The Kier molecular flexibility index (Phi) is 3.76. The van der Waals surface area contributed by atoms with Crippen LogP contribution in [0.25, 0.3) is 0 Å². The van der Waals surface area contributed by atoms with Crippen LogP contribution in [0.5, 0.6) is 5.75 Å². The summed E-state index contributed by atoms with van der Waals surface area (Å²) in [5.41, 5.74) is 1.11. The second kappa shape index (κ2) is 5.40. The number of para-hydroxylation sites is 1. The summed E-state index contributed by atoms with van der Waals surface area (Å²) in [6.45, 7) is 5.12. The first kappa shape index (κ1) is 13.9. The Hall–Kier alpha value is -1.03. The SMILES string of the molecule is CC1(C)CC(NCc2ccc(Cl)s2)c2ccccc2O1. The lowest BCUT2D eigenvalue weighted by atomic mass is 9.90. The van der Waals surface area contributed by atoms with Crippen LogP contribution < -0.4 is 10.1 Å². The molecule has 0 fully saturated rings. The number of hydrogen-bond acceptors (Lipinski definition) is 3. The van der Waals surface area contributed by atoms with E-state index in [4.69, 9.17) is 16.3 Å². The van der Waals surface area contributed by atoms with Gasteiger partial charge in [-0.3, -0.25) is 0 Å². The summed E-state index contributed by atoms with van der Waals surface area (Å²) in [4.78, 5) is 1.26. The molecule has 106 valence electrons. The van der Waals surface area contributed by atoms with Crippen molar-refractivity contribution in [3.05, 3.63) is 51.2 Å². The fraction of sp³-hybridized carbons (Fsp3) is 0.375. The summed E-state index contributed by atoms with van der Waals surface area (Å²) in [5.74, 6) is 0.991. The van der Waals surface area contributed by atoms with Gasteiger partial charge in [0, 0.05) is 29.4 Å². The lowest BCUT2D eigenvalue weighted by molar-refractivity contribution is 0.0658. The van der Waals surface area contributed by atoms with Crippen LogP contribution in [0.2, 0.25) is 4.34 Å². The van der Waals surface area contributed by atoms with Crippen LogP contribution >= 0.6 is 22.9 Å². The standard InChI is InChI=1S/C16H18ClNOS/c1-16(2)9-13(12-5-3-4-6-14(12)19-16)18-10-11-7-8-15(17)20-11/h3-8,13,18H,9-10H2,1-2H3. The van der Waals surface area contributed by atoms with Gasteiger partial charge in [0.05, 0.1) is 4.34 Å². The van der Waals surface area contributed by atoms with Gasteiger partial charge in [0.25, 0.3) is 0 Å². The largest absolute Gasteiger partial charge is 0.487 e. The van der Waals surface area contributed by atoms with Gasteiger partial charge in [-0.15, -0.1) is 11.3 Å². The van der Waals surface area contributed by atoms with E-state index in [1.54, 1.807) is 11.3 Å². The predicted molar refractivity (Wildman–Crippen MR) is 84.7 cm³/mol. The van der Waals surface area contributed by atoms with E-state index in [-0.39, 0.29) is 5.60 Å². The zero-order valence-corrected chi connectivity index (χ0v) is 13.2. The molecule has 1 N–H and O–H groups in total. The van der Waals surface area contributed by atoms with Crippen molar-refractivity contribution < 1.29 is 4.74 Å². The van der Waals surface area contributed by atoms with Crippen molar-refractivity contribution in [2.24, 2.45) is 0 Å². The number of ether oxygens (including phenoxy) is 1.